The van der Waals surface area contributed by atoms with Crippen LogP contribution in [0.4, 0.5) is 0 Å². The van der Waals surface area contributed by atoms with Crippen LogP contribution in [-0.2, 0) is 33.2 Å². The minimum atomic E-state index is -2.19. The first-order valence-corrected chi connectivity index (χ1v) is 6.69. The van der Waals surface area contributed by atoms with Crippen molar-refractivity contribution in [3.63, 3.8) is 0 Å². The summed E-state index contributed by atoms with van der Waals surface area (Å²) in [5, 5.41) is 0. The van der Waals surface area contributed by atoms with E-state index in [2.05, 4.69) is 0 Å². The first kappa shape index (κ1) is 27.6. The third-order valence-corrected chi connectivity index (χ3v) is 2.64. The van der Waals surface area contributed by atoms with Crippen LogP contribution in [0.5, 0.6) is 0 Å². The molecule has 3 unspecified atom stereocenters. The van der Waals surface area contributed by atoms with E-state index in [0.29, 0.717) is 0 Å². The van der Waals surface area contributed by atoms with Gasteiger partial charge in [-0.3, -0.25) is 4.90 Å². The monoisotopic (exact) mass is 323 g/mol. The molecule has 13 heteroatoms. The quantitative estimate of drug-likeness (QED) is 0.350. The van der Waals surface area contributed by atoms with Gasteiger partial charge in [-0.2, -0.15) is 0 Å². The number of hydrogen-bond acceptors (Lipinski definition) is 4. The maximum atomic E-state index is 10.3. The molecule has 0 aromatic carbocycles. The van der Waals surface area contributed by atoms with Crippen molar-refractivity contribution in [3.8, 4) is 0 Å². The molecule has 86 valence electrons. The van der Waals surface area contributed by atoms with E-state index in [1.165, 1.54) is 0 Å². The van der Waals surface area contributed by atoms with E-state index in [1.54, 1.807) is 0 Å². The predicted octanol–water partition coefficient (Wildman–Crippen LogP) is -3.12. The molecule has 0 heterocycles. The average Bonchev–Trinajstić information content (AvgIpc) is 1.80. The zero-order valence-electron chi connectivity index (χ0n) is 6.36. The molecule has 0 aromatic heterocycles. The first-order valence-electron chi connectivity index (χ1n) is 2.86. The van der Waals surface area contributed by atoms with Gasteiger partial charge in [-0.25, -0.2) is 12.6 Å². The molecule has 0 rings (SSSR count). The fourth-order valence-corrected chi connectivity index (χ4v) is 2.41. The third kappa shape index (κ3) is 19.6. The van der Waals surface area contributed by atoms with Crippen LogP contribution in [0.25, 0.3) is 0 Å². The molecule has 0 amide bonds. The summed E-state index contributed by atoms with van der Waals surface area (Å²) in [6.07, 6.45) is 0. The Labute approximate surface area is 168 Å². The third-order valence-electron chi connectivity index (χ3n) is 0.879. The standard InChI is InChI=1S/C3H9NO6S3.3Na.3H/c5-11(6)1-4(2-12(7)8)3-13(9)10;;;;;;/h1-3H2,(H,5,6)(H,7,8)(H,9,10);;;;;;. The van der Waals surface area contributed by atoms with Crippen molar-refractivity contribution >= 4 is 122 Å². The van der Waals surface area contributed by atoms with Gasteiger partial charge < -0.3 is 13.7 Å². The van der Waals surface area contributed by atoms with E-state index < -0.39 is 50.9 Å². The Morgan fingerprint density at radius 3 is 1.00 bits per heavy atom. The van der Waals surface area contributed by atoms with Crippen LogP contribution < -0.4 is 0 Å². The fourth-order valence-electron chi connectivity index (χ4n) is 0.580. The van der Waals surface area contributed by atoms with Gasteiger partial charge in [0.1, 0.15) is 17.6 Å². The van der Waals surface area contributed by atoms with Crippen LogP contribution in [0.1, 0.15) is 0 Å². The van der Waals surface area contributed by atoms with Gasteiger partial charge in [-0.05, 0) is 0 Å². The molecule has 0 aliphatic heterocycles. The van der Waals surface area contributed by atoms with Crippen molar-refractivity contribution in [2.45, 2.75) is 0 Å². The van der Waals surface area contributed by atoms with Gasteiger partial charge in [0, 0.05) is 0 Å². The topological polar surface area (TPSA) is 115 Å². The van der Waals surface area contributed by atoms with Gasteiger partial charge in [0.2, 0.25) is 0 Å². The molecule has 0 aliphatic rings. The summed E-state index contributed by atoms with van der Waals surface area (Å²) in [5.41, 5.74) is 0. The molecule has 0 saturated heterocycles. The van der Waals surface area contributed by atoms with Crippen molar-refractivity contribution < 1.29 is 26.3 Å². The number of rotatable bonds is 6. The SMILES string of the molecule is O=S(O)CN(CS(=O)O)CS(=O)O.[NaH].[NaH].[NaH]. The normalized spacial score (nSPS) is 15.0. The zero-order chi connectivity index (χ0) is 10.4. The maximum absolute atomic E-state index is 10.3. The fraction of sp³-hybridized carbons (Fsp3) is 1.00. The molecule has 0 spiro atoms. The van der Waals surface area contributed by atoms with Gasteiger partial charge in [-0.15, -0.1) is 0 Å². The molecule has 0 saturated carbocycles. The molecule has 0 radical (unpaired) electrons. The molecular formula is C3H12NNa3O6S3. The Morgan fingerprint density at radius 1 is 0.688 bits per heavy atom. The molecular weight excluding hydrogens is 311 g/mol. The predicted molar refractivity (Wildman–Crippen MR) is 70.2 cm³/mol. The van der Waals surface area contributed by atoms with E-state index in [9.17, 15) is 12.6 Å². The van der Waals surface area contributed by atoms with Gasteiger partial charge in [0.15, 0.2) is 33.2 Å². The second-order valence-electron chi connectivity index (χ2n) is 2.02. The average molecular weight is 323 g/mol. The first-order chi connectivity index (χ1) is 5.91. The Bertz CT molecular complexity index is 204. The summed E-state index contributed by atoms with van der Waals surface area (Å²) in [6.45, 7) is 0. The summed E-state index contributed by atoms with van der Waals surface area (Å²) in [6, 6.07) is 0. The van der Waals surface area contributed by atoms with Crippen LogP contribution in [0.2, 0.25) is 0 Å². The van der Waals surface area contributed by atoms with Gasteiger partial charge in [0.25, 0.3) is 0 Å². The van der Waals surface area contributed by atoms with Crippen LogP contribution in [0.15, 0.2) is 0 Å². The molecule has 0 bridgehead atoms. The Balaban J connectivity index is -0.000000240. The minimum absolute atomic E-state index is 0. The number of hydrogen-bond donors (Lipinski definition) is 3. The van der Waals surface area contributed by atoms with Crippen LogP contribution in [0.3, 0.4) is 0 Å². The van der Waals surface area contributed by atoms with Crippen LogP contribution in [0, 0.1) is 0 Å². The van der Waals surface area contributed by atoms with E-state index in [1.807, 2.05) is 0 Å². The van der Waals surface area contributed by atoms with E-state index in [0.717, 1.165) is 4.90 Å². The summed E-state index contributed by atoms with van der Waals surface area (Å²) in [7, 11) is 0. The summed E-state index contributed by atoms with van der Waals surface area (Å²) >= 11 is -6.58. The molecule has 0 aromatic rings. The summed E-state index contributed by atoms with van der Waals surface area (Å²) < 4.78 is 56.1. The Morgan fingerprint density at radius 2 is 0.875 bits per heavy atom. The number of nitrogens with zero attached hydrogens (tertiary/aromatic N) is 1. The van der Waals surface area contributed by atoms with E-state index >= 15 is 0 Å². The van der Waals surface area contributed by atoms with Crippen molar-refractivity contribution in [3.05, 3.63) is 0 Å². The second kappa shape index (κ2) is 16.3. The zero-order valence-corrected chi connectivity index (χ0v) is 8.81. The molecule has 3 N–H and O–H groups in total. The van der Waals surface area contributed by atoms with Crippen molar-refractivity contribution in [1.29, 1.82) is 0 Å². The summed E-state index contributed by atoms with van der Waals surface area (Å²) in [4.78, 5) is 0.947. The Hall–Kier alpha value is 3.29. The Kier molecular flexibility index (Phi) is 28.2. The van der Waals surface area contributed by atoms with Gasteiger partial charge >= 0.3 is 88.7 Å². The van der Waals surface area contributed by atoms with E-state index in [-0.39, 0.29) is 88.7 Å². The van der Waals surface area contributed by atoms with Crippen LogP contribution >= 0.6 is 0 Å². The molecule has 7 nitrogen and oxygen atoms in total. The van der Waals surface area contributed by atoms with Crippen molar-refractivity contribution in [1.82, 2.24) is 4.90 Å². The molecule has 0 fully saturated rings. The molecule has 0 aliphatic carbocycles. The van der Waals surface area contributed by atoms with Gasteiger partial charge in [-0.1, -0.05) is 0 Å². The van der Waals surface area contributed by atoms with Crippen molar-refractivity contribution in [2.75, 3.05) is 17.6 Å². The van der Waals surface area contributed by atoms with Crippen LogP contribution in [-0.4, -0.2) is 137 Å². The second-order valence-corrected chi connectivity index (χ2v) is 4.73. The molecule has 16 heavy (non-hydrogen) atoms. The molecule has 3 atom stereocenters. The van der Waals surface area contributed by atoms with Gasteiger partial charge in [0.05, 0.1) is 0 Å². The summed E-state index contributed by atoms with van der Waals surface area (Å²) in [5.74, 6) is -1.30. The van der Waals surface area contributed by atoms with Crippen molar-refractivity contribution in [2.24, 2.45) is 0 Å². The van der Waals surface area contributed by atoms with E-state index in [4.69, 9.17) is 13.7 Å².